The maximum atomic E-state index is 13.9. The van der Waals surface area contributed by atoms with Gasteiger partial charge in [0.15, 0.2) is 0 Å². The molecule has 1 saturated heterocycles. The standard InChI is InChI=1S/C30H46N4O6/c1-21-19-33(29(38)39-20-23-13-9-7-10-14-23)17-18-34(21)27(36)25(24-15-11-8-12-16-24)31-26(35)22(2)32(6)28(37)40-30(3,4)5/h7,9-10,13-14,21-22,24-25H,8,11-12,15-20H2,1-6H3,(H,31,35)/t21-,22+,25+/m1/s1. The number of rotatable bonds is 7. The molecule has 1 heterocycles. The first-order chi connectivity index (χ1) is 18.9. The molecule has 1 aromatic carbocycles. The van der Waals surface area contributed by atoms with Gasteiger partial charge in [0.2, 0.25) is 11.8 Å². The summed E-state index contributed by atoms with van der Waals surface area (Å²) in [5.41, 5.74) is 0.226. The van der Waals surface area contributed by atoms with Gasteiger partial charge in [-0.05, 0) is 58.9 Å². The number of hydrogen-bond acceptors (Lipinski definition) is 6. The Kier molecular flexibility index (Phi) is 10.8. The fourth-order valence-electron chi connectivity index (χ4n) is 5.23. The van der Waals surface area contributed by atoms with Gasteiger partial charge in [-0.15, -0.1) is 0 Å². The summed E-state index contributed by atoms with van der Waals surface area (Å²) in [5.74, 6) is -0.518. The van der Waals surface area contributed by atoms with Crippen molar-refractivity contribution >= 4 is 24.0 Å². The van der Waals surface area contributed by atoms with E-state index in [1.165, 1.54) is 11.9 Å². The van der Waals surface area contributed by atoms with E-state index in [2.05, 4.69) is 5.32 Å². The fourth-order valence-corrected chi connectivity index (χ4v) is 5.23. The number of hydrogen-bond donors (Lipinski definition) is 1. The van der Waals surface area contributed by atoms with Gasteiger partial charge in [-0.2, -0.15) is 0 Å². The Morgan fingerprint density at radius 1 is 1.05 bits per heavy atom. The van der Waals surface area contributed by atoms with E-state index in [1.54, 1.807) is 37.5 Å². The van der Waals surface area contributed by atoms with Crippen molar-refractivity contribution in [2.45, 2.75) is 97.1 Å². The molecule has 40 heavy (non-hydrogen) atoms. The number of likely N-dealkylation sites (N-methyl/N-ethyl adjacent to an activating group) is 1. The zero-order chi connectivity index (χ0) is 29.4. The SMILES string of the molecule is C[C@@H]1CN(C(=O)OCc2ccccc2)CCN1C(=O)[C@@H](NC(=O)[C@H](C)N(C)C(=O)OC(C)(C)C)C1CCCCC1. The van der Waals surface area contributed by atoms with Crippen LogP contribution in [0.15, 0.2) is 30.3 Å². The van der Waals surface area contributed by atoms with E-state index in [1.807, 2.05) is 37.3 Å². The summed E-state index contributed by atoms with van der Waals surface area (Å²) in [6, 6.07) is 7.75. The minimum absolute atomic E-state index is 0.0188. The maximum absolute atomic E-state index is 13.9. The quantitative estimate of drug-likeness (QED) is 0.538. The van der Waals surface area contributed by atoms with Crippen molar-refractivity contribution in [3.8, 4) is 0 Å². The summed E-state index contributed by atoms with van der Waals surface area (Å²) >= 11 is 0. The molecule has 0 spiro atoms. The number of ether oxygens (including phenoxy) is 2. The Morgan fingerprint density at radius 2 is 1.70 bits per heavy atom. The zero-order valence-corrected chi connectivity index (χ0v) is 24.9. The van der Waals surface area contributed by atoms with Crippen LogP contribution in [-0.2, 0) is 25.7 Å². The second-order valence-corrected chi connectivity index (χ2v) is 12.0. The third-order valence-electron chi connectivity index (χ3n) is 7.70. The van der Waals surface area contributed by atoms with Crippen molar-refractivity contribution in [3.63, 3.8) is 0 Å². The Hall–Kier alpha value is -3.30. The summed E-state index contributed by atoms with van der Waals surface area (Å²) in [6.45, 7) is 10.1. The van der Waals surface area contributed by atoms with Gasteiger partial charge in [0, 0.05) is 32.7 Å². The third kappa shape index (κ3) is 8.60. The molecule has 222 valence electrons. The predicted molar refractivity (Wildman–Crippen MR) is 151 cm³/mol. The highest BCUT2D eigenvalue weighted by Crippen LogP contribution is 2.28. The van der Waals surface area contributed by atoms with Gasteiger partial charge in [-0.25, -0.2) is 9.59 Å². The van der Waals surface area contributed by atoms with Crippen molar-refractivity contribution in [2.75, 3.05) is 26.7 Å². The second-order valence-electron chi connectivity index (χ2n) is 12.0. The van der Waals surface area contributed by atoms with E-state index in [0.717, 1.165) is 37.7 Å². The summed E-state index contributed by atoms with van der Waals surface area (Å²) in [7, 11) is 1.52. The number of benzene rings is 1. The summed E-state index contributed by atoms with van der Waals surface area (Å²) in [4.78, 5) is 57.1. The van der Waals surface area contributed by atoms with Gasteiger partial charge < -0.3 is 24.6 Å². The lowest BCUT2D eigenvalue weighted by Crippen LogP contribution is -2.62. The van der Waals surface area contributed by atoms with Gasteiger partial charge in [-0.1, -0.05) is 49.6 Å². The van der Waals surface area contributed by atoms with Crippen molar-refractivity contribution in [1.82, 2.24) is 20.0 Å². The van der Waals surface area contributed by atoms with Crippen LogP contribution in [0.4, 0.5) is 9.59 Å². The van der Waals surface area contributed by atoms with Gasteiger partial charge in [0.25, 0.3) is 0 Å². The molecule has 2 aliphatic rings. The van der Waals surface area contributed by atoms with Crippen LogP contribution in [-0.4, -0.2) is 89.1 Å². The van der Waals surface area contributed by atoms with E-state index in [9.17, 15) is 19.2 Å². The van der Waals surface area contributed by atoms with Gasteiger partial charge in [0.05, 0.1) is 0 Å². The second kappa shape index (κ2) is 13.9. The van der Waals surface area contributed by atoms with Crippen LogP contribution in [0.1, 0.15) is 72.3 Å². The van der Waals surface area contributed by atoms with Crippen LogP contribution in [0.2, 0.25) is 0 Å². The molecule has 0 bridgehead atoms. The monoisotopic (exact) mass is 558 g/mol. The molecule has 1 aliphatic carbocycles. The average molecular weight is 559 g/mol. The summed E-state index contributed by atoms with van der Waals surface area (Å²) in [5, 5.41) is 2.99. The van der Waals surface area contributed by atoms with Gasteiger partial charge >= 0.3 is 12.2 Å². The number of nitrogens with zero attached hydrogens (tertiary/aromatic N) is 3. The molecule has 3 rings (SSSR count). The normalized spacial score (nSPS) is 19.8. The van der Waals surface area contributed by atoms with Crippen molar-refractivity contribution in [3.05, 3.63) is 35.9 Å². The average Bonchev–Trinajstić information content (AvgIpc) is 2.93. The smallest absolute Gasteiger partial charge is 0.410 e. The summed E-state index contributed by atoms with van der Waals surface area (Å²) < 4.78 is 10.9. The van der Waals surface area contributed by atoms with E-state index in [4.69, 9.17) is 9.47 Å². The highest BCUT2D eigenvalue weighted by Gasteiger charge is 2.39. The molecule has 0 aromatic heterocycles. The molecule has 1 aromatic rings. The number of piperazine rings is 1. The number of amides is 4. The van der Waals surface area contributed by atoms with Crippen molar-refractivity contribution < 1.29 is 28.7 Å². The molecule has 4 amide bonds. The van der Waals surface area contributed by atoms with E-state index in [0.29, 0.717) is 19.6 Å². The number of nitrogens with one attached hydrogen (secondary N) is 1. The number of carbonyl (C=O) groups is 4. The molecular weight excluding hydrogens is 512 g/mol. The Bertz CT molecular complexity index is 1020. The Balaban J connectivity index is 1.64. The first-order valence-electron chi connectivity index (χ1n) is 14.4. The molecule has 1 saturated carbocycles. The van der Waals surface area contributed by atoms with Crippen molar-refractivity contribution in [1.29, 1.82) is 0 Å². The van der Waals surface area contributed by atoms with E-state index in [-0.39, 0.29) is 24.5 Å². The minimum Gasteiger partial charge on any atom is -0.445 e. The Morgan fingerprint density at radius 3 is 2.30 bits per heavy atom. The number of carbonyl (C=O) groups excluding carboxylic acids is 4. The predicted octanol–water partition coefficient (Wildman–Crippen LogP) is 4.18. The van der Waals surface area contributed by atoms with Crippen LogP contribution in [0.3, 0.4) is 0 Å². The molecule has 0 unspecified atom stereocenters. The topological polar surface area (TPSA) is 108 Å². The molecule has 0 radical (unpaired) electrons. The third-order valence-corrected chi connectivity index (χ3v) is 7.70. The zero-order valence-electron chi connectivity index (χ0n) is 24.9. The molecule has 2 fully saturated rings. The van der Waals surface area contributed by atoms with Gasteiger partial charge in [-0.3, -0.25) is 14.5 Å². The molecular formula is C30H46N4O6. The first kappa shape index (κ1) is 31.2. The highest BCUT2D eigenvalue weighted by atomic mass is 16.6. The molecule has 10 nitrogen and oxygen atoms in total. The van der Waals surface area contributed by atoms with Crippen LogP contribution in [0.5, 0.6) is 0 Å². The highest BCUT2D eigenvalue weighted by molar-refractivity contribution is 5.91. The molecule has 1 N–H and O–H groups in total. The van der Waals surface area contributed by atoms with Crippen LogP contribution >= 0.6 is 0 Å². The lowest BCUT2D eigenvalue weighted by molar-refractivity contribution is -0.142. The van der Waals surface area contributed by atoms with Crippen LogP contribution in [0.25, 0.3) is 0 Å². The maximum Gasteiger partial charge on any atom is 0.410 e. The Labute approximate surface area is 238 Å². The minimum atomic E-state index is -0.817. The molecule has 10 heteroatoms. The fraction of sp³-hybridized carbons (Fsp3) is 0.667. The summed E-state index contributed by atoms with van der Waals surface area (Å²) in [6.07, 6.45) is 3.84. The largest absolute Gasteiger partial charge is 0.445 e. The van der Waals surface area contributed by atoms with Gasteiger partial charge in [0.1, 0.15) is 24.3 Å². The van der Waals surface area contributed by atoms with Crippen LogP contribution in [0, 0.1) is 5.92 Å². The first-order valence-corrected chi connectivity index (χ1v) is 14.4. The van der Waals surface area contributed by atoms with E-state index >= 15 is 0 Å². The lowest BCUT2D eigenvalue weighted by atomic mass is 9.83. The van der Waals surface area contributed by atoms with Crippen molar-refractivity contribution in [2.24, 2.45) is 5.92 Å². The molecule has 3 atom stereocenters. The lowest BCUT2D eigenvalue weighted by Gasteiger charge is -2.42. The molecule has 1 aliphatic heterocycles. The van der Waals surface area contributed by atoms with E-state index < -0.39 is 35.8 Å². The van der Waals surface area contributed by atoms with Crippen LogP contribution < -0.4 is 5.32 Å².